The van der Waals surface area contributed by atoms with Crippen molar-refractivity contribution in [2.45, 2.75) is 38.3 Å². The molecule has 1 aliphatic carbocycles. The summed E-state index contributed by atoms with van der Waals surface area (Å²) in [5.41, 5.74) is 1.99. The largest absolute Gasteiger partial charge is 0.489 e. The van der Waals surface area contributed by atoms with Crippen LogP contribution in [0.1, 0.15) is 41.4 Å². The number of aryl methyl sites for hydroxylation is 1. The van der Waals surface area contributed by atoms with Gasteiger partial charge >= 0.3 is 5.97 Å². The Morgan fingerprint density at radius 1 is 1.26 bits per heavy atom. The van der Waals surface area contributed by atoms with Crippen LogP contribution in [0.25, 0.3) is 11.0 Å². The van der Waals surface area contributed by atoms with E-state index in [4.69, 9.17) is 9.47 Å². The predicted molar refractivity (Wildman–Crippen MR) is 97.3 cm³/mol. The van der Waals surface area contributed by atoms with Crippen molar-refractivity contribution in [3.8, 4) is 5.75 Å². The first-order chi connectivity index (χ1) is 13.1. The maximum absolute atomic E-state index is 13.5. The molecule has 2 aromatic heterocycles. The van der Waals surface area contributed by atoms with E-state index < -0.39 is 11.8 Å². The number of carbonyl (C=O) groups is 1. The molecule has 2 heterocycles. The lowest BCUT2D eigenvalue weighted by Gasteiger charge is -2.17. The van der Waals surface area contributed by atoms with E-state index in [1.165, 1.54) is 19.2 Å². The number of rotatable bonds is 4. The fourth-order valence-electron chi connectivity index (χ4n) is 3.72. The molecule has 1 fully saturated rings. The summed E-state index contributed by atoms with van der Waals surface area (Å²) >= 11 is 0. The fraction of sp³-hybridized carbons (Fsp3) is 0.350. The second kappa shape index (κ2) is 6.98. The van der Waals surface area contributed by atoms with Gasteiger partial charge in [0.2, 0.25) is 0 Å². The summed E-state index contributed by atoms with van der Waals surface area (Å²) in [4.78, 5) is 20.6. The molecule has 0 saturated heterocycles. The number of fused-ring (bicyclic) bond motifs is 1. The van der Waals surface area contributed by atoms with Crippen molar-refractivity contribution in [1.82, 2.24) is 14.5 Å². The van der Waals surface area contributed by atoms with Crippen LogP contribution >= 0.6 is 0 Å². The van der Waals surface area contributed by atoms with Crippen molar-refractivity contribution in [2.75, 3.05) is 7.11 Å². The molecule has 7 heteroatoms. The number of halogens is 1. The Kier molecular flexibility index (Phi) is 4.51. The van der Waals surface area contributed by atoms with E-state index in [1.54, 1.807) is 6.33 Å². The lowest BCUT2D eigenvalue weighted by Crippen LogP contribution is -2.16. The van der Waals surface area contributed by atoms with Gasteiger partial charge in [0.05, 0.1) is 12.8 Å². The Balaban J connectivity index is 1.54. The molecular formula is C20H20FN3O3. The third kappa shape index (κ3) is 3.25. The monoisotopic (exact) mass is 369 g/mol. The van der Waals surface area contributed by atoms with Gasteiger partial charge in [-0.05, 0) is 44.0 Å². The molecule has 4 rings (SSSR count). The predicted octanol–water partition coefficient (Wildman–Crippen LogP) is 3.84. The van der Waals surface area contributed by atoms with E-state index in [0.29, 0.717) is 5.75 Å². The number of nitrogens with zero attached hydrogens (tertiary/aromatic N) is 3. The highest BCUT2D eigenvalue weighted by Gasteiger charge is 2.29. The van der Waals surface area contributed by atoms with Gasteiger partial charge in [0.1, 0.15) is 35.2 Å². The lowest BCUT2D eigenvalue weighted by molar-refractivity contribution is 0.0592. The van der Waals surface area contributed by atoms with Gasteiger partial charge in [-0.1, -0.05) is 0 Å². The number of hydrogen-bond donors (Lipinski definition) is 0. The highest BCUT2D eigenvalue weighted by molar-refractivity contribution is 5.92. The van der Waals surface area contributed by atoms with Crippen LogP contribution in [0, 0.1) is 12.7 Å². The molecule has 1 aromatic carbocycles. The second-order valence-electron chi connectivity index (χ2n) is 6.76. The number of ether oxygens (including phenoxy) is 2. The maximum Gasteiger partial charge on any atom is 0.341 e. The first-order valence-corrected chi connectivity index (χ1v) is 8.89. The van der Waals surface area contributed by atoms with Gasteiger partial charge in [-0.15, -0.1) is 0 Å². The normalized spacial score (nSPS) is 19.4. The lowest BCUT2D eigenvalue weighted by atomic mass is 10.2. The van der Waals surface area contributed by atoms with E-state index in [1.807, 2.05) is 19.2 Å². The smallest absolute Gasteiger partial charge is 0.341 e. The van der Waals surface area contributed by atoms with Crippen LogP contribution in [0.15, 0.2) is 36.8 Å². The van der Waals surface area contributed by atoms with Crippen molar-refractivity contribution < 1.29 is 18.7 Å². The Morgan fingerprint density at radius 2 is 2.11 bits per heavy atom. The number of hydrogen-bond acceptors (Lipinski definition) is 5. The van der Waals surface area contributed by atoms with Crippen LogP contribution in [0.4, 0.5) is 4.39 Å². The highest BCUT2D eigenvalue weighted by Crippen LogP contribution is 2.36. The Morgan fingerprint density at radius 3 is 2.93 bits per heavy atom. The topological polar surface area (TPSA) is 66.2 Å². The minimum Gasteiger partial charge on any atom is -0.489 e. The van der Waals surface area contributed by atoms with Gasteiger partial charge < -0.3 is 14.0 Å². The number of methoxy groups -OCH3 is 1. The zero-order chi connectivity index (χ0) is 19.0. The molecule has 0 bridgehead atoms. The number of carbonyl (C=O) groups excluding carboxylic acids is 1. The third-order valence-electron chi connectivity index (χ3n) is 5.10. The molecule has 0 spiro atoms. The van der Waals surface area contributed by atoms with Crippen molar-refractivity contribution in [3.63, 3.8) is 0 Å². The van der Waals surface area contributed by atoms with Gasteiger partial charge in [-0.3, -0.25) is 0 Å². The van der Waals surface area contributed by atoms with Gasteiger partial charge in [-0.2, -0.15) is 0 Å². The first kappa shape index (κ1) is 17.5. The molecule has 1 aliphatic rings. The van der Waals surface area contributed by atoms with Gasteiger partial charge in [0, 0.05) is 24.0 Å². The van der Waals surface area contributed by atoms with Crippen molar-refractivity contribution >= 4 is 17.0 Å². The molecule has 1 saturated carbocycles. The van der Waals surface area contributed by atoms with Crippen LogP contribution < -0.4 is 4.74 Å². The molecule has 0 amide bonds. The van der Waals surface area contributed by atoms with Gasteiger partial charge in [0.25, 0.3) is 0 Å². The molecule has 0 radical (unpaired) electrons. The molecule has 0 N–H and O–H groups in total. The number of benzene rings is 1. The van der Waals surface area contributed by atoms with E-state index in [0.717, 1.165) is 42.1 Å². The molecule has 2 unspecified atom stereocenters. The molecule has 27 heavy (non-hydrogen) atoms. The van der Waals surface area contributed by atoms with Crippen LogP contribution in [-0.4, -0.2) is 33.7 Å². The van der Waals surface area contributed by atoms with Crippen LogP contribution in [0.5, 0.6) is 5.75 Å². The minimum atomic E-state index is -0.609. The van der Waals surface area contributed by atoms with Gasteiger partial charge in [-0.25, -0.2) is 19.2 Å². The quantitative estimate of drug-likeness (QED) is 0.654. The van der Waals surface area contributed by atoms with Crippen molar-refractivity contribution in [2.24, 2.45) is 0 Å². The highest BCUT2D eigenvalue weighted by atomic mass is 19.1. The van der Waals surface area contributed by atoms with Gasteiger partial charge in [0.15, 0.2) is 0 Å². The standard InChI is InChI=1S/C20H20FN3O3/c1-12-16-7-8-24(19(16)23-11-22-12)14-4-5-15(10-14)27-18-6-3-13(21)9-17(18)20(25)26-2/h3,6-9,11,14-15H,4-5,10H2,1-2H3. The van der Waals surface area contributed by atoms with E-state index in [-0.39, 0.29) is 17.7 Å². The molecule has 0 aliphatic heterocycles. The van der Waals surface area contributed by atoms with Crippen molar-refractivity contribution in [1.29, 1.82) is 0 Å². The minimum absolute atomic E-state index is 0.0655. The van der Waals surface area contributed by atoms with E-state index in [9.17, 15) is 9.18 Å². The summed E-state index contributed by atoms with van der Waals surface area (Å²) in [6, 6.07) is 6.20. The Bertz CT molecular complexity index is 1000. The fourth-order valence-corrected chi connectivity index (χ4v) is 3.72. The summed E-state index contributed by atoms with van der Waals surface area (Å²) in [6.45, 7) is 1.97. The average Bonchev–Trinajstić information content (AvgIpc) is 3.30. The van der Waals surface area contributed by atoms with Crippen LogP contribution in [-0.2, 0) is 4.74 Å². The molecular weight excluding hydrogens is 349 g/mol. The summed E-state index contributed by atoms with van der Waals surface area (Å²) in [6.07, 6.45) is 6.11. The molecule has 3 aromatic rings. The molecule has 2 atom stereocenters. The Hall–Kier alpha value is -2.96. The average molecular weight is 369 g/mol. The van der Waals surface area contributed by atoms with E-state index in [2.05, 4.69) is 14.5 Å². The molecule has 140 valence electrons. The maximum atomic E-state index is 13.5. The SMILES string of the molecule is COC(=O)c1cc(F)ccc1OC1CCC(n2ccc3c(C)ncnc32)C1. The van der Waals surface area contributed by atoms with Crippen molar-refractivity contribution in [3.05, 3.63) is 53.9 Å². The number of aromatic nitrogens is 3. The summed E-state index contributed by atoms with van der Waals surface area (Å²) in [5.74, 6) is -0.757. The third-order valence-corrected chi connectivity index (χ3v) is 5.10. The summed E-state index contributed by atoms with van der Waals surface area (Å²) < 4.78 is 26.4. The molecule has 6 nitrogen and oxygen atoms in total. The van der Waals surface area contributed by atoms with E-state index >= 15 is 0 Å². The second-order valence-corrected chi connectivity index (χ2v) is 6.76. The summed E-state index contributed by atoms with van der Waals surface area (Å²) in [7, 11) is 1.27. The zero-order valence-electron chi connectivity index (χ0n) is 15.2. The first-order valence-electron chi connectivity index (χ1n) is 8.89. The van der Waals surface area contributed by atoms with Crippen LogP contribution in [0.3, 0.4) is 0 Å². The van der Waals surface area contributed by atoms with Crippen LogP contribution in [0.2, 0.25) is 0 Å². The number of esters is 1. The zero-order valence-corrected chi connectivity index (χ0v) is 15.2. The Labute approximate surface area is 155 Å². The summed E-state index contributed by atoms with van der Waals surface area (Å²) in [5, 5.41) is 1.05.